The highest BCUT2D eigenvalue weighted by Crippen LogP contribution is 2.32. The molecule has 0 fully saturated rings. The van der Waals surface area contributed by atoms with E-state index in [0.29, 0.717) is 0 Å². The molecule has 0 spiro atoms. The lowest BCUT2D eigenvalue weighted by Crippen LogP contribution is -2.17. The van der Waals surface area contributed by atoms with E-state index in [-0.39, 0.29) is 10.2 Å². The van der Waals surface area contributed by atoms with E-state index in [2.05, 4.69) is 27.2 Å². The van der Waals surface area contributed by atoms with E-state index < -0.39 is 6.36 Å². The molecule has 1 aromatic rings. The molecule has 16 heavy (non-hydrogen) atoms. The third-order valence-electron chi connectivity index (χ3n) is 1.92. The highest BCUT2D eigenvalue weighted by Gasteiger charge is 2.31. The first kappa shape index (κ1) is 13.1. The minimum Gasteiger partial charge on any atom is -0.405 e. The van der Waals surface area contributed by atoms with Gasteiger partial charge in [0.2, 0.25) is 0 Å². The molecule has 1 aromatic carbocycles. The lowest BCUT2D eigenvalue weighted by Gasteiger charge is -2.12. The second-order valence-electron chi connectivity index (χ2n) is 3.08. The Bertz CT molecular complexity index is 387. The lowest BCUT2D eigenvalue weighted by atomic mass is 10.0. The average Bonchev–Trinajstić information content (AvgIpc) is 2.18. The molecule has 0 N–H and O–H groups in total. The molecule has 0 aliphatic carbocycles. The second kappa shape index (κ2) is 4.91. The summed E-state index contributed by atoms with van der Waals surface area (Å²) >= 11 is 3.02. The van der Waals surface area contributed by atoms with Crippen LogP contribution in [0.25, 0.3) is 0 Å². The summed E-state index contributed by atoms with van der Waals surface area (Å²) in [6.45, 7) is 5.40. The maximum Gasteiger partial charge on any atom is 0.573 e. The topological polar surface area (TPSA) is 9.23 Å². The summed E-state index contributed by atoms with van der Waals surface area (Å²) in [6.07, 6.45) is -3.05. The van der Waals surface area contributed by atoms with E-state index in [9.17, 15) is 13.2 Å². The maximum atomic E-state index is 12.0. The first-order chi connectivity index (χ1) is 7.33. The Balaban J connectivity index is 2.96. The van der Waals surface area contributed by atoms with Crippen LogP contribution in [0.5, 0.6) is 5.75 Å². The molecule has 87 valence electrons. The zero-order chi connectivity index (χ0) is 12.3. The van der Waals surface area contributed by atoms with Crippen LogP contribution in [0.15, 0.2) is 35.3 Å². The Kier molecular flexibility index (Phi) is 4.02. The van der Waals surface area contributed by atoms with Gasteiger partial charge in [-0.1, -0.05) is 19.1 Å². The summed E-state index contributed by atoms with van der Waals surface area (Å²) in [5.41, 5.74) is 0.788. The lowest BCUT2D eigenvalue weighted by molar-refractivity contribution is -0.274. The van der Waals surface area contributed by atoms with Gasteiger partial charge >= 0.3 is 6.36 Å². The average molecular weight is 294 g/mol. The Morgan fingerprint density at radius 2 is 2.06 bits per heavy atom. The fourth-order valence-corrected chi connectivity index (χ4v) is 1.53. The number of ether oxygens (including phenoxy) is 1. The van der Waals surface area contributed by atoms with Crippen molar-refractivity contribution in [2.75, 3.05) is 0 Å². The predicted molar refractivity (Wildman–Crippen MR) is 59.0 cm³/mol. The number of halogens is 4. The maximum absolute atomic E-state index is 12.0. The standard InChI is InChI=1S/C11H9BrF3O/c1-3-7(2)8-4-5-10(9(12)6-8)16-11(13,14)15/h3-6H,1H2,2H3. The minimum absolute atomic E-state index is 0.253. The van der Waals surface area contributed by atoms with Gasteiger partial charge < -0.3 is 4.74 Å². The fraction of sp³-hybridized carbons (Fsp3) is 0.182. The van der Waals surface area contributed by atoms with Crippen LogP contribution in [0, 0.1) is 5.92 Å². The van der Waals surface area contributed by atoms with Crippen molar-refractivity contribution in [3.63, 3.8) is 0 Å². The van der Waals surface area contributed by atoms with E-state index >= 15 is 0 Å². The monoisotopic (exact) mass is 293 g/mol. The molecule has 0 atom stereocenters. The molecule has 0 bridgehead atoms. The molecule has 0 aliphatic rings. The summed E-state index contributed by atoms with van der Waals surface area (Å²) < 4.78 is 40.0. The smallest absolute Gasteiger partial charge is 0.405 e. The molecule has 0 heterocycles. The predicted octanol–water partition coefficient (Wildman–Crippen LogP) is 4.48. The molecule has 1 rings (SSSR count). The Morgan fingerprint density at radius 1 is 1.44 bits per heavy atom. The molecular formula is C11H9BrF3O. The summed E-state index contributed by atoms with van der Waals surface area (Å²) in [7, 11) is 0. The largest absolute Gasteiger partial charge is 0.573 e. The van der Waals surface area contributed by atoms with Gasteiger partial charge in [0.15, 0.2) is 0 Å². The molecule has 0 aliphatic heterocycles. The van der Waals surface area contributed by atoms with E-state index in [4.69, 9.17) is 0 Å². The molecule has 0 saturated heterocycles. The van der Waals surface area contributed by atoms with Crippen molar-refractivity contribution in [2.45, 2.75) is 13.3 Å². The molecule has 0 saturated carbocycles. The van der Waals surface area contributed by atoms with Crippen molar-refractivity contribution in [3.8, 4) is 5.75 Å². The summed E-state index contributed by atoms with van der Waals surface area (Å²) in [6, 6.07) is 4.36. The number of hydrogen-bond acceptors (Lipinski definition) is 1. The highest BCUT2D eigenvalue weighted by molar-refractivity contribution is 9.10. The van der Waals surface area contributed by atoms with Gasteiger partial charge in [-0.2, -0.15) is 0 Å². The number of rotatable bonds is 3. The van der Waals surface area contributed by atoms with Crippen molar-refractivity contribution < 1.29 is 17.9 Å². The quantitative estimate of drug-likeness (QED) is 0.799. The second-order valence-corrected chi connectivity index (χ2v) is 3.93. The third-order valence-corrected chi connectivity index (χ3v) is 2.54. The van der Waals surface area contributed by atoms with Crippen LogP contribution in [0.1, 0.15) is 12.5 Å². The number of benzene rings is 1. The van der Waals surface area contributed by atoms with E-state index in [1.165, 1.54) is 6.07 Å². The van der Waals surface area contributed by atoms with Crippen molar-refractivity contribution >= 4 is 15.9 Å². The zero-order valence-corrected chi connectivity index (χ0v) is 10.0. The van der Waals surface area contributed by atoms with E-state index in [0.717, 1.165) is 11.5 Å². The normalized spacial score (nSPS) is 11.6. The van der Waals surface area contributed by atoms with Gasteiger partial charge in [0.05, 0.1) is 4.47 Å². The Labute approximate surface area is 100 Å². The molecule has 0 aromatic heterocycles. The van der Waals surface area contributed by atoms with Crippen molar-refractivity contribution in [1.29, 1.82) is 0 Å². The minimum atomic E-state index is -4.68. The third kappa shape index (κ3) is 3.56. The molecule has 5 heteroatoms. The van der Waals surface area contributed by atoms with Crippen molar-refractivity contribution in [1.82, 2.24) is 0 Å². The van der Waals surface area contributed by atoms with Gasteiger partial charge in [-0.05, 0) is 33.6 Å². The zero-order valence-electron chi connectivity index (χ0n) is 8.44. The van der Waals surface area contributed by atoms with Crippen LogP contribution in [0.3, 0.4) is 0 Å². The van der Waals surface area contributed by atoms with Crippen LogP contribution in [0.2, 0.25) is 0 Å². The van der Waals surface area contributed by atoms with Crippen LogP contribution in [-0.2, 0) is 0 Å². The van der Waals surface area contributed by atoms with Crippen molar-refractivity contribution in [2.24, 2.45) is 0 Å². The van der Waals surface area contributed by atoms with Crippen molar-refractivity contribution in [3.05, 3.63) is 46.8 Å². The molecule has 1 radical (unpaired) electrons. The Hall–Kier alpha value is -0.970. The summed E-state index contributed by atoms with van der Waals surface area (Å²) in [5, 5.41) is 0. The van der Waals surface area contributed by atoms with E-state index in [1.54, 1.807) is 18.2 Å². The van der Waals surface area contributed by atoms with Gasteiger partial charge in [-0.25, -0.2) is 0 Å². The number of alkyl halides is 3. The summed E-state index contributed by atoms with van der Waals surface area (Å²) in [4.78, 5) is 0. The highest BCUT2D eigenvalue weighted by atomic mass is 79.9. The van der Waals surface area contributed by atoms with E-state index in [1.807, 2.05) is 6.92 Å². The SMILES string of the molecule is C=C[C](C)c1ccc(OC(F)(F)F)c(Br)c1. The van der Waals surface area contributed by atoms with Gasteiger partial charge in [0.1, 0.15) is 5.75 Å². The van der Waals surface area contributed by atoms with Gasteiger partial charge in [0.25, 0.3) is 0 Å². The number of hydrogen-bond donors (Lipinski definition) is 0. The number of allylic oxidation sites excluding steroid dienone is 1. The molecule has 1 nitrogen and oxygen atoms in total. The van der Waals surface area contributed by atoms with Gasteiger partial charge in [0, 0.05) is 5.92 Å². The van der Waals surface area contributed by atoms with Crippen LogP contribution < -0.4 is 4.74 Å². The first-order valence-electron chi connectivity index (χ1n) is 4.35. The van der Waals surface area contributed by atoms with Gasteiger partial charge in [-0.15, -0.1) is 19.8 Å². The molecule has 0 amide bonds. The fourth-order valence-electron chi connectivity index (χ4n) is 1.07. The van der Waals surface area contributed by atoms with Gasteiger partial charge in [-0.3, -0.25) is 0 Å². The Morgan fingerprint density at radius 3 is 2.50 bits per heavy atom. The molecule has 0 unspecified atom stereocenters. The summed E-state index contributed by atoms with van der Waals surface area (Å²) in [5.74, 6) is 0.618. The molecular weight excluding hydrogens is 285 g/mol. The van der Waals surface area contributed by atoms with Crippen LogP contribution >= 0.6 is 15.9 Å². The van der Waals surface area contributed by atoms with Crippen LogP contribution in [0.4, 0.5) is 13.2 Å². The van der Waals surface area contributed by atoms with Crippen LogP contribution in [-0.4, -0.2) is 6.36 Å². The first-order valence-corrected chi connectivity index (χ1v) is 5.14.